The molecule has 0 unspecified atom stereocenters. The lowest BCUT2D eigenvalue weighted by atomic mass is 10.5. The van der Waals surface area contributed by atoms with E-state index in [1.165, 1.54) is 0 Å². The zero-order valence-corrected chi connectivity index (χ0v) is 11.7. The molecule has 2 aromatic heterocycles. The molecule has 0 atom stereocenters. The minimum absolute atomic E-state index is 0.941. The molecule has 4 heteroatoms. The molecule has 2 rings (SSSR count). The topological polar surface area (TPSA) is 26.3 Å². The highest BCUT2D eigenvalue weighted by molar-refractivity contribution is 7.99. The van der Waals surface area contributed by atoms with E-state index in [2.05, 4.69) is 12.2 Å². The second kappa shape index (κ2) is 8.16. The summed E-state index contributed by atoms with van der Waals surface area (Å²) < 4.78 is 10.5. The summed E-state index contributed by atoms with van der Waals surface area (Å²) in [7, 11) is 0. The van der Waals surface area contributed by atoms with Crippen LogP contribution in [-0.4, -0.2) is 11.5 Å². The Kier molecular flexibility index (Phi) is 6.09. The zero-order valence-electron chi connectivity index (χ0n) is 10.1. The summed E-state index contributed by atoms with van der Waals surface area (Å²) in [6.07, 6.45) is 7.86. The monoisotopic (exact) mass is 280 g/mol. The molecule has 0 amide bonds. The predicted octanol–water partition coefficient (Wildman–Crippen LogP) is 4.60. The van der Waals surface area contributed by atoms with Crippen molar-refractivity contribution in [1.29, 1.82) is 0 Å². The Labute approximate surface area is 116 Å². The Morgan fingerprint density at radius 1 is 0.833 bits per heavy atom. The quantitative estimate of drug-likeness (QED) is 0.521. The van der Waals surface area contributed by atoms with Gasteiger partial charge in [-0.2, -0.15) is 0 Å². The lowest BCUT2D eigenvalue weighted by Crippen LogP contribution is -1.79. The fraction of sp³-hybridized carbons (Fsp3) is 0.286. The van der Waals surface area contributed by atoms with Crippen molar-refractivity contribution < 1.29 is 8.83 Å². The normalized spacial score (nSPS) is 11.3. The van der Waals surface area contributed by atoms with Crippen LogP contribution in [0.5, 0.6) is 0 Å². The van der Waals surface area contributed by atoms with E-state index in [0.29, 0.717) is 0 Å². The molecular formula is C14H16O2S2. The summed E-state index contributed by atoms with van der Waals surface area (Å²) in [6, 6.07) is 7.87. The molecule has 0 radical (unpaired) electrons. The molecule has 0 fully saturated rings. The van der Waals surface area contributed by atoms with E-state index in [1.807, 2.05) is 47.8 Å². The molecule has 2 aromatic rings. The lowest BCUT2D eigenvalue weighted by molar-refractivity contribution is 0.530. The predicted molar refractivity (Wildman–Crippen MR) is 78.9 cm³/mol. The summed E-state index contributed by atoms with van der Waals surface area (Å²) in [6.45, 7) is 0. The summed E-state index contributed by atoms with van der Waals surface area (Å²) in [4.78, 5) is 0. The maximum atomic E-state index is 5.26. The molecule has 0 saturated heterocycles. The molecule has 0 saturated carbocycles. The largest absolute Gasteiger partial charge is 0.468 e. The van der Waals surface area contributed by atoms with E-state index in [-0.39, 0.29) is 0 Å². The molecule has 0 N–H and O–H groups in total. The number of hydrogen-bond donors (Lipinski definition) is 0. The first-order valence-corrected chi connectivity index (χ1v) is 8.11. The van der Waals surface area contributed by atoms with Crippen molar-refractivity contribution in [2.24, 2.45) is 0 Å². The molecule has 96 valence electrons. The molecular weight excluding hydrogens is 264 g/mol. The van der Waals surface area contributed by atoms with E-state index in [4.69, 9.17) is 8.83 Å². The van der Waals surface area contributed by atoms with Crippen LogP contribution in [0.2, 0.25) is 0 Å². The van der Waals surface area contributed by atoms with Crippen LogP contribution in [0.1, 0.15) is 11.5 Å². The van der Waals surface area contributed by atoms with Crippen LogP contribution in [0, 0.1) is 0 Å². The average Bonchev–Trinajstić information content (AvgIpc) is 3.05. The fourth-order valence-corrected chi connectivity index (χ4v) is 2.89. The summed E-state index contributed by atoms with van der Waals surface area (Å²) in [5.74, 6) is 6.03. The van der Waals surface area contributed by atoms with Crippen LogP contribution in [0.3, 0.4) is 0 Å². The van der Waals surface area contributed by atoms with Crippen molar-refractivity contribution in [3.05, 3.63) is 60.5 Å². The van der Waals surface area contributed by atoms with Crippen molar-refractivity contribution >= 4 is 23.5 Å². The second-order valence-electron chi connectivity index (χ2n) is 3.66. The van der Waals surface area contributed by atoms with Crippen LogP contribution >= 0.6 is 23.5 Å². The summed E-state index contributed by atoms with van der Waals surface area (Å²) >= 11 is 3.72. The van der Waals surface area contributed by atoms with Gasteiger partial charge in [-0.15, -0.1) is 23.5 Å². The van der Waals surface area contributed by atoms with E-state index in [9.17, 15) is 0 Å². The van der Waals surface area contributed by atoms with Crippen molar-refractivity contribution in [3.63, 3.8) is 0 Å². The van der Waals surface area contributed by atoms with Crippen LogP contribution < -0.4 is 0 Å². The van der Waals surface area contributed by atoms with E-state index < -0.39 is 0 Å². The second-order valence-corrected chi connectivity index (χ2v) is 5.72. The average molecular weight is 280 g/mol. The van der Waals surface area contributed by atoms with Gasteiger partial charge in [0.15, 0.2) is 0 Å². The van der Waals surface area contributed by atoms with Crippen molar-refractivity contribution in [2.45, 2.75) is 11.5 Å². The molecule has 0 aliphatic heterocycles. The third-order valence-corrected chi connectivity index (χ3v) is 4.08. The van der Waals surface area contributed by atoms with Gasteiger partial charge in [0.1, 0.15) is 11.5 Å². The molecule has 0 spiro atoms. The van der Waals surface area contributed by atoms with Crippen LogP contribution in [0.4, 0.5) is 0 Å². The van der Waals surface area contributed by atoms with E-state index in [0.717, 1.165) is 34.5 Å². The van der Waals surface area contributed by atoms with Gasteiger partial charge >= 0.3 is 0 Å². The van der Waals surface area contributed by atoms with Gasteiger partial charge in [-0.25, -0.2) is 0 Å². The molecule has 18 heavy (non-hydrogen) atoms. The summed E-state index contributed by atoms with van der Waals surface area (Å²) in [5, 5.41) is 0. The SMILES string of the molecule is C(=C\CSCc1ccco1)/CSCc1ccco1. The third-order valence-electron chi connectivity index (χ3n) is 2.24. The molecule has 2 nitrogen and oxygen atoms in total. The van der Waals surface area contributed by atoms with Crippen molar-refractivity contribution in [1.82, 2.24) is 0 Å². The maximum Gasteiger partial charge on any atom is 0.113 e. The standard InChI is InChI=1S/C14H16O2S2/c1(9-17-11-13-5-3-7-15-13)2-10-18-12-14-6-4-8-16-14/h1-8H,9-12H2/b2-1+. The lowest BCUT2D eigenvalue weighted by Gasteiger charge is -1.95. The maximum absolute atomic E-state index is 5.26. The van der Waals surface area contributed by atoms with Gasteiger partial charge in [0.25, 0.3) is 0 Å². The highest BCUT2D eigenvalue weighted by Crippen LogP contribution is 2.14. The van der Waals surface area contributed by atoms with Crippen LogP contribution in [0.25, 0.3) is 0 Å². The summed E-state index contributed by atoms with van der Waals surface area (Å²) in [5.41, 5.74) is 0. The van der Waals surface area contributed by atoms with Gasteiger partial charge < -0.3 is 8.83 Å². The first kappa shape index (κ1) is 13.4. The van der Waals surface area contributed by atoms with E-state index >= 15 is 0 Å². The van der Waals surface area contributed by atoms with Gasteiger partial charge in [0, 0.05) is 11.5 Å². The first-order valence-electron chi connectivity index (χ1n) is 5.80. The molecule has 0 aliphatic rings. The zero-order chi connectivity index (χ0) is 12.5. The van der Waals surface area contributed by atoms with Crippen molar-refractivity contribution in [2.75, 3.05) is 11.5 Å². The molecule has 0 aliphatic carbocycles. The smallest absolute Gasteiger partial charge is 0.113 e. The van der Waals surface area contributed by atoms with Gasteiger partial charge in [-0.1, -0.05) is 12.2 Å². The van der Waals surface area contributed by atoms with Crippen LogP contribution in [0.15, 0.2) is 57.8 Å². The van der Waals surface area contributed by atoms with Crippen molar-refractivity contribution in [3.8, 4) is 0 Å². The van der Waals surface area contributed by atoms with Gasteiger partial charge in [0.2, 0.25) is 0 Å². The third kappa shape index (κ3) is 5.10. The Morgan fingerprint density at radius 3 is 1.72 bits per heavy atom. The number of furan rings is 2. The number of thioether (sulfide) groups is 2. The van der Waals surface area contributed by atoms with Gasteiger partial charge in [0.05, 0.1) is 24.0 Å². The highest BCUT2D eigenvalue weighted by atomic mass is 32.2. The molecule has 2 heterocycles. The number of hydrogen-bond acceptors (Lipinski definition) is 4. The van der Waals surface area contributed by atoms with Gasteiger partial charge in [-0.3, -0.25) is 0 Å². The van der Waals surface area contributed by atoms with Gasteiger partial charge in [-0.05, 0) is 24.3 Å². The Morgan fingerprint density at radius 2 is 1.33 bits per heavy atom. The minimum atomic E-state index is 0.941. The first-order chi connectivity index (χ1) is 8.95. The fourth-order valence-electron chi connectivity index (χ4n) is 1.38. The Bertz CT molecular complexity index is 390. The van der Waals surface area contributed by atoms with E-state index in [1.54, 1.807) is 12.5 Å². The Balaban J connectivity index is 1.48. The minimum Gasteiger partial charge on any atom is -0.468 e. The molecule has 0 bridgehead atoms. The highest BCUT2D eigenvalue weighted by Gasteiger charge is 1.94. The Hall–Kier alpha value is -1.00. The number of rotatable bonds is 8. The van der Waals surface area contributed by atoms with Crippen LogP contribution in [-0.2, 0) is 11.5 Å². The molecule has 0 aromatic carbocycles.